The van der Waals surface area contributed by atoms with Gasteiger partial charge in [0.25, 0.3) is 0 Å². The van der Waals surface area contributed by atoms with E-state index in [0.29, 0.717) is 5.75 Å². The zero-order valence-corrected chi connectivity index (χ0v) is 14.0. The van der Waals surface area contributed by atoms with Gasteiger partial charge in [0.2, 0.25) is 11.8 Å². The summed E-state index contributed by atoms with van der Waals surface area (Å²) in [5, 5.41) is 3.17. The molecule has 0 unspecified atom stereocenters. The van der Waals surface area contributed by atoms with Gasteiger partial charge in [0.15, 0.2) is 0 Å². The average Bonchev–Trinajstić information content (AvgIpc) is 3.04. The Morgan fingerprint density at radius 1 is 1.21 bits per heavy atom. The van der Waals surface area contributed by atoms with Crippen molar-refractivity contribution in [2.45, 2.75) is 18.5 Å². The van der Waals surface area contributed by atoms with Gasteiger partial charge in [-0.3, -0.25) is 24.6 Å². The van der Waals surface area contributed by atoms with E-state index in [2.05, 4.69) is 5.32 Å². The first-order chi connectivity index (χ1) is 11.4. The molecular formula is C17H20N2O5. The predicted octanol–water partition coefficient (Wildman–Crippen LogP) is 0.502. The zero-order chi connectivity index (χ0) is 17.6. The van der Waals surface area contributed by atoms with E-state index in [9.17, 15) is 14.4 Å². The molecule has 24 heavy (non-hydrogen) atoms. The highest BCUT2D eigenvalue weighted by atomic mass is 16.5. The summed E-state index contributed by atoms with van der Waals surface area (Å²) in [6.07, 6.45) is 0. The molecule has 1 N–H and O–H groups in total. The van der Waals surface area contributed by atoms with Gasteiger partial charge in [-0.05, 0) is 13.0 Å². The highest BCUT2D eigenvalue weighted by molar-refractivity contribution is 6.09. The maximum atomic E-state index is 12.7. The van der Waals surface area contributed by atoms with Gasteiger partial charge < -0.3 is 9.47 Å². The zero-order valence-electron chi connectivity index (χ0n) is 14.0. The summed E-state index contributed by atoms with van der Waals surface area (Å²) >= 11 is 0. The smallest absolute Gasteiger partial charge is 0.326 e. The standard InChI is InChI=1S/C17H20N2O5/c1-17(16(22)24-4)12-11(14(20)19(2)15(12)21)13(18-17)9-7-5-6-8-10(9)23-3/h5-8,11-13,18H,1-4H3/t11-,12-,13-,17-/m0/s1. The summed E-state index contributed by atoms with van der Waals surface area (Å²) in [7, 11) is 4.25. The highest BCUT2D eigenvalue weighted by Crippen LogP contribution is 2.49. The molecule has 0 radical (unpaired) electrons. The lowest BCUT2D eigenvalue weighted by atomic mass is 9.80. The summed E-state index contributed by atoms with van der Waals surface area (Å²) < 4.78 is 10.3. The molecule has 7 heteroatoms. The molecule has 0 bridgehead atoms. The first-order valence-corrected chi connectivity index (χ1v) is 7.67. The first-order valence-electron chi connectivity index (χ1n) is 7.67. The molecule has 0 spiro atoms. The number of imide groups is 1. The Labute approximate surface area is 139 Å². The van der Waals surface area contributed by atoms with Crippen LogP contribution >= 0.6 is 0 Å². The molecule has 0 aromatic heterocycles. The van der Waals surface area contributed by atoms with Crippen LogP contribution in [-0.2, 0) is 19.1 Å². The minimum atomic E-state index is -1.28. The number of hydrogen-bond donors (Lipinski definition) is 1. The molecule has 3 rings (SSSR count). The fourth-order valence-corrected chi connectivity index (χ4v) is 3.87. The molecule has 2 aliphatic rings. The Bertz CT molecular complexity index is 719. The highest BCUT2D eigenvalue weighted by Gasteiger charge is 2.66. The van der Waals surface area contributed by atoms with Crippen LogP contribution in [0.2, 0.25) is 0 Å². The molecule has 1 aromatic carbocycles. The van der Waals surface area contributed by atoms with Crippen LogP contribution in [0.15, 0.2) is 24.3 Å². The van der Waals surface area contributed by atoms with Crippen molar-refractivity contribution in [3.8, 4) is 5.75 Å². The van der Waals surface area contributed by atoms with E-state index >= 15 is 0 Å². The van der Waals surface area contributed by atoms with Crippen molar-refractivity contribution in [2.24, 2.45) is 11.8 Å². The Balaban J connectivity index is 2.14. The largest absolute Gasteiger partial charge is 0.496 e. The van der Waals surface area contributed by atoms with Crippen molar-refractivity contribution >= 4 is 17.8 Å². The van der Waals surface area contributed by atoms with Crippen LogP contribution in [0.1, 0.15) is 18.5 Å². The number of rotatable bonds is 3. The van der Waals surface area contributed by atoms with Crippen LogP contribution in [0.4, 0.5) is 0 Å². The lowest BCUT2D eigenvalue weighted by Crippen LogP contribution is -2.53. The quantitative estimate of drug-likeness (QED) is 0.641. The Kier molecular flexibility index (Phi) is 3.83. The molecule has 2 saturated heterocycles. The number of likely N-dealkylation sites (tertiary alicyclic amines) is 1. The van der Waals surface area contributed by atoms with Crippen LogP contribution in [-0.4, -0.2) is 49.5 Å². The first kappa shape index (κ1) is 16.4. The minimum absolute atomic E-state index is 0.305. The van der Waals surface area contributed by atoms with Gasteiger partial charge in [0.05, 0.1) is 26.1 Å². The maximum Gasteiger partial charge on any atom is 0.326 e. The van der Waals surface area contributed by atoms with E-state index in [1.807, 2.05) is 18.2 Å². The third-order valence-electron chi connectivity index (χ3n) is 5.09. The molecule has 2 fully saturated rings. The van der Waals surface area contributed by atoms with Gasteiger partial charge >= 0.3 is 5.97 Å². The fraction of sp³-hybridized carbons (Fsp3) is 0.471. The minimum Gasteiger partial charge on any atom is -0.496 e. The predicted molar refractivity (Wildman–Crippen MR) is 84.0 cm³/mol. The SMILES string of the molecule is COC(=O)[C@@]1(C)N[C@@H](c2ccccc2OC)[C@H]2C(=O)N(C)C(=O)[C@H]21. The average molecular weight is 332 g/mol. The molecule has 0 saturated carbocycles. The van der Waals surface area contributed by atoms with Crippen LogP contribution in [0, 0.1) is 11.8 Å². The number of fused-ring (bicyclic) bond motifs is 1. The van der Waals surface area contributed by atoms with Gasteiger partial charge in [-0.25, -0.2) is 0 Å². The third-order valence-corrected chi connectivity index (χ3v) is 5.09. The second-order valence-corrected chi connectivity index (χ2v) is 6.30. The van der Waals surface area contributed by atoms with Crippen molar-refractivity contribution in [1.82, 2.24) is 10.2 Å². The maximum absolute atomic E-state index is 12.7. The molecule has 128 valence electrons. The summed E-state index contributed by atoms with van der Waals surface area (Å²) in [6, 6.07) is 6.74. The monoisotopic (exact) mass is 332 g/mol. The number of para-hydroxylation sites is 1. The van der Waals surface area contributed by atoms with Gasteiger partial charge in [-0.15, -0.1) is 0 Å². The third kappa shape index (κ3) is 2.04. The summed E-state index contributed by atoms with van der Waals surface area (Å²) in [4.78, 5) is 38.7. The lowest BCUT2D eigenvalue weighted by molar-refractivity contribution is -0.152. The van der Waals surface area contributed by atoms with Gasteiger partial charge in [0.1, 0.15) is 11.3 Å². The number of hydrogen-bond acceptors (Lipinski definition) is 6. The van der Waals surface area contributed by atoms with E-state index in [1.165, 1.54) is 14.2 Å². The Hall–Kier alpha value is -2.41. The second-order valence-electron chi connectivity index (χ2n) is 6.30. The number of carbonyl (C=O) groups excluding carboxylic acids is 3. The molecule has 4 atom stereocenters. The van der Waals surface area contributed by atoms with Crippen molar-refractivity contribution in [3.05, 3.63) is 29.8 Å². The molecule has 7 nitrogen and oxygen atoms in total. The molecule has 2 aliphatic heterocycles. The Morgan fingerprint density at radius 3 is 2.50 bits per heavy atom. The van der Waals surface area contributed by atoms with E-state index in [-0.39, 0.29) is 11.8 Å². The lowest BCUT2D eigenvalue weighted by Gasteiger charge is -2.28. The number of nitrogens with one attached hydrogen (secondary N) is 1. The number of ether oxygens (including phenoxy) is 2. The van der Waals surface area contributed by atoms with Crippen LogP contribution in [0.5, 0.6) is 5.75 Å². The van der Waals surface area contributed by atoms with Gasteiger partial charge in [0, 0.05) is 18.7 Å². The van der Waals surface area contributed by atoms with Crippen LogP contribution in [0.3, 0.4) is 0 Å². The molecule has 2 heterocycles. The van der Waals surface area contributed by atoms with Crippen LogP contribution < -0.4 is 10.1 Å². The number of benzene rings is 1. The molecule has 1 aromatic rings. The van der Waals surface area contributed by atoms with E-state index in [4.69, 9.17) is 9.47 Å². The number of nitrogens with zero attached hydrogens (tertiary/aromatic N) is 1. The molecular weight excluding hydrogens is 312 g/mol. The number of methoxy groups -OCH3 is 2. The second kappa shape index (κ2) is 5.59. The summed E-state index contributed by atoms with van der Waals surface area (Å²) in [6.45, 7) is 1.61. The fourth-order valence-electron chi connectivity index (χ4n) is 3.87. The van der Waals surface area contributed by atoms with Crippen molar-refractivity contribution in [3.63, 3.8) is 0 Å². The van der Waals surface area contributed by atoms with E-state index < -0.39 is 29.4 Å². The van der Waals surface area contributed by atoms with Crippen molar-refractivity contribution in [2.75, 3.05) is 21.3 Å². The van der Waals surface area contributed by atoms with Gasteiger partial charge in [-0.1, -0.05) is 18.2 Å². The van der Waals surface area contributed by atoms with Crippen molar-refractivity contribution < 1.29 is 23.9 Å². The molecule has 2 amide bonds. The van der Waals surface area contributed by atoms with Crippen LogP contribution in [0.25, 0.3) is 0 Å². The number of carbonyl (C=O) groups is 3. The van der Waals surface area contributed by atoms with Crippen molar-refractivity contribution in [1.29, 1.82) is 0 Å². The topological polar surface area (TPSA) is 84.9 Å². The van der Waals surface area contributed by atoms with E-state index in [1.54, 1.807) is 20.1 Å². The normalized spacial score (nSPS) is 32.0. The summed E-state index contributed by atoms with van der Waals surface area (Å²) in [5.74, 6) is -2.13. The Morgan fingerprint density at radius 2 is 1.88 bits per heavy atom. The molecule has 0 aliphatic carbocycles. The summed E-state index contributed by atoms with van der Waals surface area (Å²) in [5.41, 5.74) is -0.540. The number of esters is 1. The van der Waals surface area contributed by atoms with E-state index in [0.717, 1.165) is 10.5 Å². The van der Waals surface area contributed by atoms with Gasteiger partial charge in [-0.2, -0.15) is 0 Å². The number of amides is 2.